The number of hydrogen-bond acceptors (Lipinski definition) is 3. The Kier molecular flexibility index (Phi) is 5.34. The summed E-state index contributed by atoms with van der Waals surface area (Å²) < 4.78 is 1.87. The second-order valence-electron chi connectivity index (χ2n) is 5.74. The molecule has 0 aliphatic heterocycles. The Morgan fingerprint density at radius 1 is 0.962 bits per heavy atom. The smallest absolute Gasteiger partial charge is 0.273 e. The van der Waals surface area contributed by atoms with E-state index in [1.54, 1.807) is 30.3 Å². The fourth-order valence-electron chi connectivity index (χ4n) is 2.65. The maximum Gasteiger partial charge on any atom is 0.273 e. The number of pyridine rings is 1. The van der Waals surface area contributed by atoms with Gasteiger partial charge in [0, 0.05) is 24.4 Å². The second-order valence-corrected chi connectivity index (χ2v) is 5.74. The average Bonchev–Trinajstić information content (AvgIpc) is 2.64. The van der Waals surface area contributed by atoms with Crippen molar-refractivity contribution in [2.75, 3.05) is 0 Å². The van der Waals surface area contributed by atoms with Gasteiger partial charge in [-0.2, -0.15) is 4.99 Å². The maximum atomic E-state index is 12.4. The molecule has 0 unspecified atom stereocenters. The molecule has 0 saturated carbocycles. The van der Waals surface area contributed by atoms with Gasteiger partial charge >= 0.3 is 0 Å². The van der Waals surface area contributed by atoms with E-state index >= 15 is 0 Å². The zero-order chi connectivity index (χ0) is 18.4. The van der Waals surface area contributed by atoms with E-state index in [1.165, 1.54) is 6.07 Å². The number of amides is 1. The Bertz CT molecular complexity index is 994. The van der Waals surface area contributed by atoms with Crippen LogP contribution in [0.25, 0.3) is 0 Å². The van der Waals surface area contributed by atoms with Crippen molar-refractivity contribution in [3.63, 3.8) is 0 Å². The Morgan fingerprint density at radius 2 is 1.65 bits per heavy atom. The van der Waals surface area contributed by atoms with Gasteiger partial charge in [0.05, 0.1) is 11.3 Å². The molecular weight excluding hydrogens is 330 g/mol. The number of para-hydroxylation sites is 1. The number of nitro benzene ring substituents is 1. The van der Waals surface area contributed by atoms with Crippen LogP contribution < -0.4 is 5.49 Å². The molecule has 3 aromatic rings. The molecule has 1 heterocycles. The predicted molar refractivity (Wildman–Crippen MR) is 97.3 cm³/mol. The SMILES string of the molecule is O=C(Cc1ccccc1[N+](=O)[O-])N=c1ccccn1Cc1ccccc1. The molecule has 0 atom stereocenters. The molecule has 6 nitrogen and oxygen atoms in total. The fourth-order valence-corrected chi connectivity index (χ4v) is 2.65. The number of rotatable bonds is 5. The highest BCUT2D eigenvalue weighted by Crippen LogP contribution is 2.18. The molecule has 2 aromatic carbocycles. The van der Waals surface area contributed by atoms with Crippen LogP contribution in [0.4, 0.5) is 5.69 Å². The topological polar surface area (TPSA) is 77.5 Å². The van der Waals surface area contributed by atoms with Crippen LogP contribution in [0.2, 0.25) is 0 Å². The molecular formula is C20H17N3O3. The van der Waals surface area contributed by atoms with E-state index in [2.05, 4.69) is 4.99 Å². The highest BCUT2D eigenvalue weighted by molar-refractivity contribution is 5.80. The number of nitrogens with zero attached hydrogens (tertiary/aromatic N) is 3. The molecule has 0 N–H and O–H groups in total. The predicted octanol–water partition coefficient (Wildman–Crippen LogP) is 3.11. The van der Waals surface area contributed by atoms with Crippen molar-refractivity contribution in [2.24, 2.45) is 4.99 Å². The second kappa shape index (κ2) is 8.02. The van der Waals surface area contributed by atoms with E-state index in [0.29, 0.717) is 17.6 Å². The van der Waals surface area contributed by atoms with Gasteiger partial charge in [-0.05, 0) is 17.7 Å². The third-order valence-corrected chi connectivity index (χ3v) is 3.88. The summed E-state index contributed by atoms with van der Waals surface area (Å²) in [7, 11) is 0. The Morgan fingerprint density at radius 3 is 2.42 bits per heavy atom. The van der Waals surface area contributed by atoms with Gasteiger partial charge in [-0.3, -0.25) is 14.9 Å². The van der Waals surface area contributed by atoms with Gasteiger partial charge < -0.3 is 4.57 Å². The molecule has 26 heavy (non-hydrogen) atoms. The van der Waals surface area contributed by atoms with E-state index in [4.69, 9.17) is 0 Å². The number of hydrogen-bond donors (Lipinski definition) is 0. The van der Waals surface area contributed by atoms with Gasteiger partial charge in [-0.25, -0.2) is 0 Å². The number of benzene rings is 2. The van der Waals surface area contributed by atoms with E-state index in [1.807, 2.05) is 47.2 Å². The van der Waals surface area contributed by atoms with Crippen molar-refractivity contribution in [3.05, 3.63) is 106 Å². The third-order valence-electron chi connectivity index (χ3n) is 3.88. The van der Waals surface area contributed by atoms with Crippen LogP contribution in [0, 0.1) is 10.1 Å². The van der Waals surface area contributed by atoms with Crippen molar-refractivity contribution in [1.82, 2.24) is 4.57 Å². The number of carbonyl (C=O) groups is 1. The molecule has 6 heteroatoms. The summed E-state index contributed by atoms with van der Waals surface area (Å²) in [4.78, 5) is 27.1. The van der Waals surface area contributed by atoms with Crippen LogP contribution in [-0.2, 0) is 17.8 Å². The highest BCUT2D eigenvalue weighted by Gasteiger charge is 2.15. The molecule has 0 spiro atoms. The van der Waals surface area contributed by atoms with Crippen LogP contribution in [-0.4, -0.2) is 15.4 Å². The monoisotopic (exact) mass is 347 g/mol. The minimum absolute atomic E-state index is 0.0683. The van der Waals surface area contributed by atoms with Gasteiger partial charge in [0.15, 0.2) is 0 Å². The lowest BCUT2D eigenvalue weighted by Crippen LogP contribution is -2.22. The molecule has 0 saturated heterocycles. The molecule has 1 amide bonds. The summed E-state index contributed by atoms with van der Waals surface area (Å²) in [5.41, 5.74) is 1.89. The zero-order valence-electron chi connectivity index (χ0n) is 14.0. The standard InChI is InChI=1S/C20H17N3O3/c24-20(14-17-10-4-5-11-18(17)23(25)26)21-19-12-6-7-13-22(19)15-16-8-2-1-3-9-16/h1-13H,14-15H2. The number of aromatic nitrogens is 1. The highest BCUT2D eigenvalue weighted by atomic mass is 16.6. The number of nitro groups is 1. The lowest BCUT2D eigenvalue weighted by Gasteiger charge is -2.07. The molecule has 0 aliphatic carbocycles. The normalized spacial score (nSPS) is 11.3. The van der Waals surface area contributed by atoms with Crippen LogP contribution in [0.1, 0.15) is 11.1 Å². The molecule has 130 valence electrons. The molecule has 0 fully saturated rings. The average molecular weight is 347 g/mol. The van der Waals surface area contributed by atoms with Gasteiger partial charge in [0.1, 0.15) is 5.49 Å². The lowest BCUT2D eigenvalue weighted by molar-refractivity contribution is -0.385. The Hall–Kier alpha value is -3.54. The molecule has 1 aromatic heterocycles. The van der Waals surface area contributed by atoms with Crippen molar-refractivity contribution in [3.8, 4) is 0 Å². The lowest BCUT2D eigenvalue weighted by atomic mass is 10.1. The van der Waals surface area contributed by atoms with E-state index in [0.717, 1.165) is 5.56 Å². The minimum atomic E-state index is -0.485. The quantitative estimate of drug-likeness (QED) is 0.525. The largest absolute Gasteiger partial charge is 0.328 e. The summed E-state index contributed by atoms with van der Waals surface area (Å²) >= 11 is 0. The van der Waals surface area contributed by atoms with E-state index in [9.17, 15) is 14.9 Å². The Labute approximate surface area is 150 Å². The van der Waals surface area contributed by atoms with E-state index < -0.39 is 10.8 Å². The summed E-state index contributed by atoms with van der Waals surface area (Å²) in [6.45, 7) is 0.583. The van der Waals surface area contributed by atoms with Crippen molar-refractivity contribution >= 4 is 11.6 Å². The first-order chi connectivity index (χ1) is 12.6. The molecule has 3 rings (SSSR count). The van der Waals surface area contributed by atoms with E-state index in [-0.39, 0.29) is 12.1 Å². The summed E-state index contributed by atoms with van der Waals surface area (Å²) in [5.74, 6) is -0.424. The van der Waals surface area contributed by atoms with Gasteiger partial charge in [0.25, 0.3) is 11.6 Å². The van der Waals surface area contributed by atoms with Gasteiger partial charge in [-0.1, -0.05) is 54.6 Å². The molecule has 0 radical (unpaired) electrons. The fraction of sp³-hybridized carbons (Fsp3) is 0.100. The first-order valence-corrected chi connectivity index (χ1v) is 8.13. The summed E-state index contributed by atoms with van der Waals surface area (Å²) in [6, 6.07) is 21.5. The first kappa shape index (κ1) is 17.3. The molecule has 0 bridgehead atoms. The molecule has 0 aliphatic rings. The van der Waals surface area contributed by atoms with Gasteiger partial charge in [-0.15, -0.1) is 0 Å². The zero-order valence-corrected chi connectivity index (χ0v) is 14.0. The Balaban J connectivity index is 1.86. The first-order valence-electron chi connectivity index (χ1n) is 8.13. The number of carbonyl (C=O) groups excluding carboxylic acids is 1. The van der Waals surface area contributed by atoms with Crippen LogP contribution in [0.15, 0.2) is 84.0 Å². The van der Waals surface area contributed by atoms with Crippen LogP contribution in [0.5, 0.6) is 0 Å². The minimum Gasteiger partial charge on any atom is -0.328 e. The third kappa shape index (κ3) is 4.30. The van der Waals surface area contributed by atoms with Crippen LogP contribution >= 0.6 is 0 Å². The van der Waals surface area contributed by atoms with Crippen LogP contribution in [0.3, 0.4) is 0 Å². The summed E-state index contributed by atoms with van der Waals surface area (Å²) in [5, 5.41) is 11.1. The summed E-state index contributed by atoms with van der Waals surface area (Å²) in [6.07, 6.45) is 1.74. The van der Waals surface area contributed by atoms with Crippen molar-refractivity contribution < 1.29 is 9.72 Å². The van der Waals surface area contributed by atoms with Crippen molar-refractivity contribution in [1.29, 1.82) is 0 Å². The van der Waals surface area contributed by atoms with Gasteiger partial charge in [0.2, 0.25) is 0 Å². The van der Waals surface area contributed by atoms with Crippen molar-refractivity contribution in [2.45, 2.75) is 13.0 Å². The maximum absolute atomic E-state index is 12.4.